The summed E-state index contributed by atoms with van der Waals surface area (Å²) in [5.41, 5.74) is 10.8. The second-order valence-corrected chi connectivity index (χ2v) is 15.7. The number of thioether (sulfide) groups is 2. The highest BCUT2D eigenvalue weighted by atomic mass is 32.2. The Hall–Kier alpha value is -4.92. The molecule has 10 bridgehead atoms. The number of H-pyrrole nitrogens is 2. The maximum atomic E-state index is 13.3. The third-order valence-electron chi connectivity index (χ3n) is 9.67. The molecule has 0 unspecified atom stereocenters. The number of carbonyl (C=O) groups excluding carboxylic acids is 2. The van der Waals surface area contributed by atoms with Crippen molar-refractivity contribution in [1.82, 2.24) is 19.9 Å². The van der Waals surface area contributed by atoms with Gasteiger partial charge >= 0.3 is 0 Å². The molecule has 3 aromatic heterocycles. The van der Waals surface area contributed by atoms with Crippen LogP contribution in [-0.4, -0.2) is 30.2 Å². The van der Waals surface area contributed by atoms with Crippen molar-refractivity contribution < 1.29 is 9.59 Å². The number of nitrogens with zero attached hydrogens (tertiary/aromatic N) is 2. The average molecular weight is 721 g/mol. The van der Waals surface area contributed by atoms with Crippen molar-refractivity contribution in [2.24, 2.45) is 0 Å². The van der Waals surface area contributed by atoms with E-state index < -0.39 is 0 Å². The van der Waals surface area contributed by atoms with E-state index in [0.717, 1.165) is 128 Å². The van der Waals surface area contributed by atoms with Crippen molar-refractivity contribution in [3.63, 3.8) is 0 Å². The summed E-state index contributed by atoms with van der Waals surface area (Å²) in [6, 6.07) is 28.7. The Labute approximate surface area is 312 Å². The summed E-state index contributed by atoms with van der Waals surface area (Å²) >= 11 is 2.67. The summed E-state index contributed by atoms with van der Waals surface area (Å²) in [5, 5.41) is 0.371. The van der Waals surface area contributed by atoms with E-state index in [1.807, 2.05) is 60.7 Å². The van der Waals surface area contributed by atoms with Gasteiger partial charge < -0.3 is 9.97 Å². The first kappa shape index (κ1) is 34.2. The maximum Gasteiger partial charge on any atom is 0.193 e. The normalized spacial score (nSPS) is 15.8. The predicted octanol–water partition coefficient (Wildman–Crippen LogP) is 12.1. The zero-order chi connectivity index (χ0) is 35.3. The second-order valence-electron chi connectivity index (χ2n) is 13.5. The van der Waals surface area contributed by atoms with Crippen LogP contribution in [0.1, 0.15) is 87.0 Å². The molecule has 6 nitrogen and oxygen atoms in total. The quantitative estimate of drug-likeness (QED) is 0.162. The highest BCUT2D eigenvalue weighted by molar-refractivity contribution is 8.14. The first-order valence-corrected chi connectivity index (χ1v) is 19.9. The van der Waals surface area contributed by atoms with E-state index in [9.17, 15) is 9.59 Å². The minimum atomic E-state index is 0.185. The van der Waals surface area contributed by atoms with Crippen LogP contribution >= 0.6 is 23.5 Å². The fourth-order valence-electron chi connectivity index (χ4n) is 7.11. The molecule has 52 heavy (non-hydrogen) atoms. The molecule has 0 atom stereocenters. The van der Waals surface area contributed by atoms with Gasteiger partial charge in [-0.05, 0) is 96.8 Å². The minimum Gasteiger partial charge on any atom is -0.355 e. The number of carbonyl (C=O) groups is 2. The van der Waals surface area contributed by atoms with Crippen LogP contribution in [0.4, 0.5) is 0 Å². The summed E-state index contributed by atoms with van der Waals surface area (Å²) < 4.78 is 0. The van der Waals surface area contributed by atoms with Gasteiger partial charge in [-0.1, -0.05) is 98.4 Å². The standard InChI is InChI=1S/C44H40N4O2S2/c49-41-17-7-5-3-1-2-4-6-8-18-42(50)52-40-16-12-10-14-34(40)44-37-25-21-31(47-37)27-29-19-23-35(45-29)43(33-13-9-11-15-39(33)51-41)36-24-20-30(46-36)28-32-22-26-38(44)48-32/h9-16,19-28,45,48H,1-8,17-18H2. The molecule has 2 N–H and O–H groups in total. The van der Waals surface area contributed by atoms with Crippen molar-refractivity contribution in [1.29, 1.82) is 0 Å². The minimum absolute atomic E-state index is 0.185. The van der Waals surface area contributed by atoms with Crippen LogP contribution < -0.4 is 0 Å². The first-order chi connectivity index (χ1) is 25.6. The second kappa shape index (κ2) is 15.8. The van der Waals surface area contributed by atoms with E-state index in [-0.39, 0.29) is 10.2 Å². The van der Waals surface area contributed by atoms with E-state index in [1.165, 1.54) is 23.5 Å². The molecule has 0 saturated heterocycles. The van der Waals surface area contributed by atoms with Crippen molar-refractivity contribution in [2.45, 2.75) is 74.0 Å². The lowest BCUT2D eigenvalue weighted by Gasteiger charge is -2.10. The zero-order valence-electron chi connectivity index (χ0n) is 29.0. The fraction of sp³-hybridized carbons (Fsp3) is 0.227. The molecule has 0 spiro atoms. The number of benzene rings is 2. The molecular formula is C44H40N4O2S2. The van der Waals surface area contributed by atoms with Gasteiger partial charge in [0.05, 0.1) is 22.8 Å². The van der Waals surface area contributed by atoms with Crippen molar-refractivity contribution >= 4 is 80.1 Å². The van der Waals surface area contributed by atoms with Crippen LogP contribution in [0.25, 0.3) is 68.6 Å². The summed E-state index contributed by atoms with van der Waals surface area (Å²) in [4.78, 5) is 46.0. The van der Waals surface area contributed by atoms with Crippen molar-refractivity contribution in [2.75, 3.05) is 0 Å². The highest BCUT2D eigenvalue weighted by Crippen LogP contribution is 2.39. The largest absolute Gasteiger partial charge is 0.355 e. The van der Waals surface area contributed by atoms with Crippen LogP contribution in [-0.2, 0) is 9.59 Å². The number of nitrogens with one attached hydrogen (secondary N) is 2. The molecule has 0 amide bonds. The van der Waals surface area contributed by atoms with Gasteiger partial charge in [0, 0.05) is 55.8 Å². The van der Waals surface area contributed by atoms with E-state index in [1.54, 1.807) is 0 Å². The molecule has 7 heterocycles. The molecule has 260 valence electrons. The van der Waals surface area contributed by atoms with Gasteiger partial charge in [-0.3, -0.25) is 9.59 Å². The molecule has 5 aromatic rings. The predicted molar refractivity (Wildman–Crippen MR) is 218 cm³/mol. The summed E-state index contributed by atoms with van der Waals surface area (Å²) in [6.07, 6.45) is 17.8. The molecule has 0 aliphatic carbocycles. The lowest BCUT2D eigenvalue weighted by Crippen LogP contribution is -1.95. The molecule has 4 aliphatic rings. The SMILES string of the molecule is O=C1CCCCCCCCCCC(=O)Sc2ccccc2-c2c3nc(cc4ccc([nH]4)c(c4nc(cc5ccc2[nH]5)C=C4)-c2ccccc2S1)C=C3. The van der Waals surface area contributed by atoms with E-state index in [0.29, 0.717) is 12.8 Å². The van der Waals surface area contributed by atoms with Crippen LogP contribution in [0.15, 0.2) is 94.7 Å². The Morgan fingerprint density at radius 1 is 0.481 bits per heavy atom. The molecule has 0 saturated carbocycles. The molecule has 9 rings (SSSR count). The molecule has 2 aromatic carbocycles. The van der Waals surface area contributed by atoms with E-state index in [2.05, 4.69) is 58.5 Å². The smallest absolute Gasteiger partial charge is 0.193 e. The van der Waals surface area contributed by atoms with E-state index in [4.69, 9.17) is 9.97 Å². The van der Waals surface area contributed by atoms with Crippen LogP contribution in [0.3, 0.4) is 0 Å². The Morgan fingerprint density at radius 3 is 1.37 bits per heavy atom. The number of hydrogen-bond donors (Lipinski definition) is 2. The number of aromatic nitrogens is 4. The van der Waals surface area contributed by atoms with Gasteiger partial charge in [-0.15, -0.1) is 0 Å². The zero-order valence-corrected chi connectivity index (χ0v) is 30.6. The van der Waals surface area contributed by atoms with Gasteiger partial charge in [0.25, 0.3) is 0 Å². The van der Waals surface area contributed by atoms with Crippen LogP contribution in [0.2, 0.25) is 0 Å². The van der Waals surface area contributed by atoms with Crippen molar-refractivity contribution in [3.05, 3.63) is 108 Å². The molecule has 4 aliphatic heterocycles. The van der Waals surface area contributed by atoms with Crippen LogP contribution in [0.5, 0.6) is 0 Å². The number of rotatable bonds is 0. The third-order valence-corrected chi connectivity index (χ3v) is 11.7. The van der Waals surface area contributed by atoms with Gasteiger partial charge in [0.2, 0.25) is 0 Å². The van der Waals surface area contributed by atoms with Gasteiger partial charge in [-0.2, -0.15) is 0 Å². The van der Waals surface area contributed by atoms with Gasteiger partial charge in [0.15, 0.2) is 10.2 Å². The Bertz CT molecular complexity index is 2220. The van der Waals surface area contributed by atoms with Crippen molar-refractivity contribution in [3.8, 4) is 22.3 Å². The average Bonchev–Trinajstić information content (AvgIpc) is 3.97. The van der Waals surface area contributed by atoms with Crippen LogP contribution in [0, 0.1) is 0 Å². The Kier molecular flexibility index (Phi) is 10.4. The molecule has 0 fully saturated rings. The fourth-order valence-corrected chi connectivity index (χ4v) is 8.95. The Morgan fingerprint density at radius 2 is 0.904 bits per heavy atom. The van der Waals surface area contributed by atoms with Gasteiger partial charge in [-0.25, -0.2) is 9.97 Å². The Balaban J connectivity index is 1.34. The summed E-state index contributed by atoms with van der Waals surface area (Å²) in [7, 11) is 0. The molecule has 0 radical (unpaired) electrons. The lowest BCUT2D eigenvalue weighted by atomic mass is 10.0. The number of aromatic amines is 2. The monoisotopic (exact) mass is 720 g/mol. The summed E-state index contributed by atoms with van der Waals surface area (Å²) in [6.45, 7) is 0. The lowest BCUT2D eigenvalue weighted by molar-refractivity contribution is -0.111. The maximum absolute atomic E-state index is 13.3. The first-order valence-electron chi connectivity index (χ1n) is 18.3. The molecule has 8 heteroatoms. The highest BCUT2D eigenvalue weighted by Gasteiger charge is 2.19. The third kappa shape index (κ3) is 7.78. The number of hydrogen-bond acceptors (Lipinski definition) is 6. The molecular weight excluding hydrogens is 681 g/mol. The number of fused-ring (bicyclic) bond motifs is 13. The summed E-state index contributed by atoms with van der Waals surface area (Å²) in [5.74, 6) is 0. The van der Waals surface area contributed by atoms with E-state index >= 15 is 0 Å². The van der Waals surface area contributed by atoms with Gasteiger partial charge in [0.1, 0.15) is 0 Å². The topological polar surface area (TPSA) is 91.5 Å².